The minimum atomic E-state index is -0.658. The third-order valence-corrected chi connectivity index (χ3v) is 8.63. The molecule has 1 aliphatic heterocycles. The molecule has 0 bridgehead atoms. The quantitative estimate of drug-likeness (QED) is 0.536. The molecule has 0 amide bonds. The van der Waals surface area contributed by atoms with Crippen molar-refractivity contribution in [3.05, 3.63) is 0 Å². The summed E-state index contributed by atoms with van der Waals surface area (Å²) in [4.78, 5) is 9.87. The molecule has 2 nitrogen and oxygen atoms in total. The van der Waals surface area contributed by atoms with Crippen LogP contribution in [0.5, 0.6) is 0 Å². The molecule has 2 atom stereocenters. The van der Waals surface area contributed by atoms with Crippen LogP contribution in [0.25, 0.3) is 0 Å². The molecule has 1 heterocycles. The molecule has 0 saturated carbocycles. The van der Waals surface area contributed by atoms with Gasteiger partial charge in [0.1, 0.15) is 0 Å². The molecule has 0 aromatic rings. The third-order valence-electron chi connectivity index (χ3n) is 1.55. The van der Waals surface area contributed by atoms with Gasteiger partial charge >= 0.3 is 73.3 Å². The van der Waals surface area contributed by atoms with Crippen molar-refractivity contribution in [2.24, 2.45) is 5.92 Å². The molecule has 0 aromatic carbocycles. The maximum absolute atomic E-state index is 5.03. The molecule has 1 rings (SSSR count). The molecule has 50 valence electrons. The average Bonchev–Trinajstić information content (AvgIpc) is 2.18. The molecule has 1 aliphatic rings. The number of hydrogen-bond donors (Lipinski definition) is 0. The van der Waals surface area contributed by atoms with Crippen LogP contribution >= 0.6 is 11.9 Å². The fourth-order valence-corrected chi connectivity index (χ4v) is 8.26. The van der Waals surface area contributed by atoms with Gasteiger partial charge in [0.15, 0.2) is 0 Å². The van der Waals surface area contributed by atoms with E-state index < -0.39 is 22.1 Å². The van der Waals surface area contributed by atoms with Gasteiger partial charge < -0.3 is 0 Å². The summed E-state index contributed by atoms with van der Waals surface area (Å²) in [6, 6.07) is 0. The van der Waals surface area contributed by atoms with E-state index in [1.54, 1.807) is 0 Å². The Kier molecular flexibility index (Phi) is 3.99. The van der Waals surface area contributed by atoms with Crippen LogP contribution in [-0.2, 0) is 31.9 Å². The molecule has 0 N–H and O–H groups in total. The van der Waals surface area contributed by atoms with Gasteiger partial charge in [-0.1, -0.05) is 0 Å². The second-order valence-corrected chi connectivity index (χ2v) is 13.0. The van der Waals surface area contributed by atoms with Gasteiger partial charge in [0.25, 0.3) is 0 Å². The van der Waals surface area contributed by atoms with Crippen molar-refractivity contribution in [1.29, 1.82) is 0 Å². The normalized spacial score (nSPS) is 34.4. The van der Waals surface area contributed by atoms with Crippen molar-refractivity contribution in [1.82, 2.24) is 0 Å². The molecular formula is C5H9BrHgO2. The van der Waals surface area contributed by atoms with Crippen LogP contribution in [0.15, 0.2) is 0 Å². The van der Waals surface area contributed by atoms with Gasteiger partial charge in [-0.25, -0.2) is 0 Å². The van der Waals surface area contributed by atoms with Crippen molar-refractivity contribution in [2.45, 2.75) is 17.0 Å². The Bertz CT molecular complexity index is 91.0. The molecule has 0 unspecified atom stereocenters. The Labute approximate surface area is 72.9 Å². The third kappa shape index (κ3) is 2.44. The van der Waals surface area contributed by atoms with Gasteiger partial charge in [-0.2, -0.15) is 0 Å². The van der Waals surface area contributed by atoms with Crippen molar-refractivity contribution in [3.8, 4) is 0 Å². The first-order valence-electron chi connectivity index (χ1n) is 3.19. The molecule has 0 spiro atoms. The van der Waals surface area contributed by atoms with Crippen molar-refractivity contribution in [3.63, 3.8) is 0 Å². The van der Waals surface area contributed by atoms with Crippen LogP contribution < -0.4 is 0 Å². The van der Waals surface area contributed by atoms with Crippen LogP contribution in [0.3, 0.4) is 0 Å². The molecule has 0 radical (unpaired) electrons. The fraction of sp³-hybridized carbons (Fsp3) is 1.00. The summed E-state index contributed by atoms with van der Waals surface area (Å²) in [7, 11) is 0. The average molecular weight is 382 g/mol. The summed E-state index contributed by atoms with van der Waals surface area (Å²) in [6.45, 7) is 2.96. The second kappa shape index (κ2) is 4.26. The Balaban J connectivity index is 2.22. The van der Waals surface area contributed by atoms with Crippen molar-refractivity contribution < 1.29 is 31.9 Å². The Morgan fingerprint density at radius 3 is 3.00 bits per heavy atom. The van der Waals surface area contributed by atoms with E-state index in [4.69, 9.17) is 9.78 Å². The number of rotatable bonds is 2. The van der Waals surface area contributed by atoms with Crippen molar-refractivity contribution >= 4 is 11.9 Å². The predicted molar refractivity (Wildman–Crippen MR) is 33.7 cm³/mol. The van der Waals surface area contributed by atoms with E-state index >= 15 is 0 Å². The number of halogens is 1. The summed E-state index contributed by atoms with van der Waals surface area (Å²) < 4.78 is 1.27. The summed E-state index contributed by atoms with van der Waals surface area (Å²) in [5.74, 6) is 0.613. The predicted octanol–water partition coefficient (Wildman–Crippen LogP) is 1.76. The monoisotopic (exact) mass is 382 g/mol. The molecule has 0 aromatic heterocycles. The molecule has 9 heavy (non-hydrogen) atoms. The zero-order valence-corrected chi connectivity index (χ0v) is 12.6. The molecule has 4 heteroatoms. The van der Waals surface area contributed by atoms with Gasteiger partial charge in [-0.05, 0) is 0 Å². The Morgan fingerprint density at radius 2 is 2.56 bits per heavy atom. The van der Waals surface area contributed by atoms with Gasteiger partial charge in [-0.3, -0.25) is 0 Å². The maximum atomic E-state index is 5.03. The van der Waals surface area contributed by atoms with Crippen molar-refractivity contribution in [2.75, 3.05) is 6.61 Å². The van der Waals surface area contributed by atoms with Crippen LogP contribution in [0.4, 0.5) is 0 Å². The van der Waals surface area contributed by atoms with Crippen LogP contribution in [0.2, 0.25) is 3.93 Å². The number of hydrogen-bond acceptors (Lipinski definition) is 2. The SMILES string of the molecule is C[C@@H]1COO[C@@H]1[CH2][Hg][Br]. The summed E-state index contributed by atoms with van der Waals surface area (Å²) in [5, 5.41) is 0. The molecule has 1 saturated heterocycles. The van der Waals surface area contributed by atoms with E-state index in [0.717, 1.165) is 6.61 Å². The topological polar surface area (TPSA) is 18.5 Å². The summed E-state index contributed by atoms with van der Waals surface area (Å²) >= 11 is 2.92. The van der Waals surface area contributed by atoms with E-state index in [1.807, 2.05) is 0 Å². The van der Waals surface area contributed by atoms with E-state index in [1.165, 1.54) is 3.93 Å². The minimum absolute atomic E-state index is 0.408. The molecular weight excluding hydrogens is 373 g/mol. The molecule has 0 aliphatic carbocycles. The van der Waals surface area contributed by atoms with E-state index in [9.17, 15) is 0 Å². The second-order valence-electron chi connectivity index (χ2n) is 2.37. The molecule has 1 fully saturated rings. The van der Waals surface area contributed by atoms with Crippen LogP contribution in [0.1, 0.15) is 6.92 Å². The standard InChI is InChI=1S/C5H9O2.BrH.Hg/c1-4-3-6-7-5(4)2;;/h4-5H,2-3H2,1H3;1H;/q;;+1/p-1/t4-,5-;;/m1../s1. The summed E-state index contributed by atoms with van der Waals surface area (Å²) in [5.41, 5.74) is 0. The fourth-order valence-electron chi connectivity index (χ4n) is 0.876. The zero-order valence-electron chi connectivity index (χ0n) is 5.47. The first kappa shape index (κ1) is 8.43. The van der Waals surface area contributed by atoms with Gasteiger partial charge in [0.2, 0.25) is 0 Å². The summed E-state index contributed by atoms with van der Waals surface area (Å²) in [6.07, 6.45) is 0.408. The van der Waals surface area contributed by atoms with E-state index in [2.05, 4.69) is 18.8 Å². The van der Waals surface area contributed by atoms with Gasteiger partial charge in [-0.15, -0.1) is 0 Å². The van der Waals surface area contributed by atoms with Crippen LogP contribution in [0, 0.1) is 5.92 Å². The van der Waals surface area contributed by atoms with Crippen LogP contribution in [-0.4, -0.2) is 12.7 Å². The first-order valence-corrected chi connectivity index (χ1v) is 19.0. The first-order chi connectivity index (χ1) is 4.34. The van der Waals surface area contributed by atoms with E-state index in [0.29, 0.717) is 12.0 Å². The zero-order chi connectivity index (χ0) is 6.69. The Hall–Kier alpha value is 1.34. The van der Waals surface area contributed by atoms with Gasteiger partial charge in [0, 0.05) is 0 Å². The van der Waals surface area contributed by atoms with Gasteiger partial charge in [0.05, 0.1) is 0 Å². The van der Waals surface area contributed by atoms with E-state index in [-0.39, 0.29) is 0 Å². The Morgan fingerprint density at radius 1 is 1.78 bits per heavy atom.